The van der Waals surface area contributed by atoms with Crippen molar-refractivity contribution in [2.24, 2.45) is 0 Å². The number of rotatable bonds is 6. The zero-order valence-electron chi connectivity index (χ0n) is 13.2. The van der Waals surface area contributed by atoms with Crippen LogP contribution in [0.4, 0.5) is 16.2 Å². The monoisotopic (exact) mass is 297 g/mol. The van der Waals surface area contributed by atoms with Gasteiger partial charge < -0.3 is 15.5 Å². The maximum absolute atomic E-state index is 11.6. The highest BCUT2D eigenvalue weighted by Crippen LogP contribution is 2.18. The third kappa shape index (κ3) is 4.81. The van der Waals surface area contributed by atoms with E-state index in [0.29, 0.717) is 6.54 Å². The molecule has 0 heterocycles. The van der Waals surface area contributed by atoms with Gasteiger partial charge in [-0.3, -0.25) is 0 Å². The standard InChI is InChI=1S/C18H23N3O/c1-3-13-19-18(22)20-16-9-11-17(12-10-16)21(2)14-15-7-5-4-6-8-15/h4-12H,3,13-14H2,1-2H3,(H2,19,20,22). The summed E-state index contributed by atoms with van der Waals surface area (Å²) in [5.74, 6) is 0. The Labute approximate surface area is 132 Å². The van der Waals surface area contributed by atoms with E-state index in [4.69, 9.17) is 0 Å². The summed E-state index contributed by atoms with van der Waals surface area (Å²) in [4.78, 5) is 13.8. The highest BCUT2D eigenvalue weighted by atomic mass is 16.2. The van der Waals surface area contributed by atoms with Crippen LogP contribution in [-0.2, 0) is 6.54 Å². The minimum atomic E-state index is -0.160. The molecule has 22 heavy (non-hydrogen) atoms. The van der Waals surface area contributed by atoms with Crippen LogP contribution in [0.25, 0.3) is 0 Å². The third-order valence-corrected chi connectivity index (χ3v) is 3.36. The fraction of sp³-hybridized carbons (Fsp3) is 0.278. The number of amides is 2. The molecule has 0 spiro atoms. The topological polar surface area (TPSA) is 44.4 Å². The van der Waals surface area contributed by atoms with Gasteiger partial charge in [0.1, 0.15) is 0 Å². The molecule has 0 saturated carbocycles. The van der Waals surface area contributed by atoms with Gasteiger partial charge in [-0.05, 0) is 36.2 Å². The van der Waals surface area contributed by atoms with E-state index in [9.17, 15) is 4.79 Å². The predicted octanol–water partition coefficient (Wildman–Crippen LogP) is 3.85. The minimum Gasteiger partial charge on any atom is -0.370 e. The zero-order valence-corrected chi connectivity index (χ0v) is 13.2. The summed E-state index contributed by atoms with van der Waals surface area (Å²) < 4.78 is 0. The second kappa shape index (κ2) is 8.08. The molecule has 2 aromatic rings. The van der Waals surface area contributed by atoms with Crippen molar-refractivity contribution in [2.75, 3.05) is 23.8 Å². The van der Waals surface area contributed by atoms with Gasteiger partial charge in [0, 0.05) is 31.5 Å². The SMILES string of the molecule is CCCNC(=O)Nc1ccc(N(C)Cc2ccccc2)cc1. The number of nitrogens with zero attached hydrogens (tertiary/aromatic N) is 1. The van der Waals surface area contributed by atoms with E-state index in [0.717, 1.165) is 24.3 Å². The van der Waals surface area contributed by atoms with E-state index < -0.39 is 0 Å². The van der Waals surface area contributed by atoms with Gasteiger partial charge in [-0.25, -0.2) is 4.79 Å². The molecule has 2 rings (SSSR count). The smallest absolute Gasteiger partial charge is 0.319 e. The number of urea groups is 1. The van der Waals surface area contributed by atoms with Crippen LogP contribution in [-0.4, -0.2) is 19.6 Å². The van der Waals surface area contributed by atoms with Crippen LogP contribution in [0, 0.1) is 0 Å². The highest BCUT2D eigenvalue weighted by Gasteiger charge is 2.04. The highest BCUT2D eigenvalue weighted by molar-refractivity contribution is 5.89. The number of nitrogens with one attached hydrogen (secondary N) is 2. The molecule has 0 bridgehead atoms. The van der Waals surface area contributed by atoms with Crippen molar-refractivity contribution in [3.8, 4) is 0 Å². The summed E-state index contributed by atoms with van der Waals surface area (Å²) in [6.45, 7) is 3.56. The molecule has 0 aliphatic rings. The van der Waals surface area contributed by atoms with Crippen molar-refractivity contribution in [1.29, 1.82) is 0 Å². The summed E-state index contributed by atoms with van der Waals surface area (Å²) in [5.41, 5.74) is 3.18. The van der Waals surface area contributed by atoms with Crippen molar-refractivity contribution >= 4 is 17.4 Å². The molecule has 2 N–H and O–H groups in total. The number of hydrogen-bond donors (Lipinski definition) is 2. The lowest BCUT2D eigenvalue weighted by Gasteiger charge is -2.19. The van der Waals surface area contributed by atoms with Crippen LogP contribution in [0.1, 0.15) is 18.9 Å². The first-order valence-corrected chi connectivity index (χ1v) is 7.59. The van der Waals surface area contributed by atoms with Crippen LogP contribution in [0.15, 0.2) is 54.6 Å². The van der Waals surface area contributed by atoms with E-state index in [-0.39, 0.29) is 6.03 Å². The molecule has 0 aliphatic carbocycles. The number of carbonyl (C=O) groups is 1. The Morgan fingerprint density at radius 2 is 1.73 bits per heavy atom. The first kappa shape index (κ1) is 15.9. The lowest BCUT2D eigenvalue weighted by Crippen LogP contribution is -2.29. The van der Waals surface area contributed by atoms with Gasteiger partial charge in [0.25, 0.3) is 0 Å². The number of anilines is 2. The molecule has 0 aromatic heterocycles. The van der Waals surface area contributed by atoms with Gasteiger partial charge >= 0.3 is 6.03 Å². The largest absolute Gasteiger partial charge is 0.370 e. The zero-order chi connectivity index (χ0) is 15.8. The van der Waals surface area contributed by atoms with Gasteiger partial charge in [-0.2, -0.15) is 0 Å². The van der Waals surface area contributed by atoms with Gasteiger partial charge in [0.05, 0.1) is 0 Å². The molecular formula is C18H23N3O. The van der Waals surface area contributed by atoms with E-state index in [1.54, 1.807) is 0 Å². The first-order valence-electron chi connectivity index (χ1n) is 7.59. The van der Waals surface area contributed by atoms with Gasteiger partial charge in [0.15, 0.2) is 0 Å². The lowest BCUT2D eigenvalue weighted by atomic mass is 10.2. The van der Waals surface area contributed by atoms with Crippen LogP contribution >= 0.6 is 0 Å². The van der Waals surface area contributed by atoms with Crippen molar-refractivity contribution in [3.05, 3.63) is 60.2 Å². The molecule has 0 saturated heterocycles. The van der Waals surface area contributed by atoms with Crippen molar-refractivity contribution < 1.29 is 4.79 Å². The first-order chi connectivity index (χ1) is 10.7. The summed E-state index contributed by atoms with van der Waals surface area (Å²) in [6.07, 6.45) is 0.927. The van der Waals surface area contributed by atoms with Crippen molar-refractivity contribution in [3.63, 3.8) is 0 Å². The number of carbonyl (C=O) groups excluding carboxylic acids is 1. The Hall–Kier alpha value is -2.49. The lowest BCUT2D eigenvalue weighted by molar-refractivity contribution is 0.252. The molecule has 0 radical (unpaired) electrons. The third-order valence-electron chi connectivity index (χ3n) is 3.36. The fourth-order valence-corrected chi connectivity index (χ4v) is 2.16. The molecule has 2 aromatic carbocycles. The Balaban J connectivity index is 1.92. The Kier molecular flexibility index (Phi) is 5.83. The van der Waals surface area contributed by atoms with Gasteiger partial charge in [0.2, 0.25) is 0 Å². The molecule has 0 fully saturated rings. The van der Waals surface area contributed by atoms with E-state index in [2.05, 4.69) is 34.7 Å². The molecule has 0 atom stereocenters. The molecule has 116 valence electrons. The average molecular weight is 297 g/mol. The Bertz CT molecular complexity index is 581. The van der Waals surface area contributed by atoms with E-state index in [1.807, 2.05) is 49.4 Å². The van der Waals surface area contributed by atoms with Crippen LogP contribution < -0.4 is 15.5 Å². The molecule has 4 heteroatoms. The summed E-state index contributed by atoms with van der Waals surface area (Å²) >= 11 is 0. The minimum absolute atomic E-state index is 0.160. The van der Waals surface area contributed by atoms with Gasteiger partial charge in [-0.15, -0.1) is 0 Å². The Morgan fingerprint density at radius 3 is 2.36 bits per heavy atom. The van der Waals surface area contributed by atoms with E-state index in [1.165, 1.54) is 5.56 Å². The molecule has 0 aliphatic heterocycles. The molecule has 4 nitrogen and oxygen atoms in total. The number of benzene rings is 2. The van der Waals surface area contributed by atoms with Crippen molar-refractivity contribution in [2.45, 2.75) is 19.9 Å². The summed E-state index contributed by atoms with van der Waals surface area (Å²) in [7, 11) is 2.06. The molecule has 0 unspecified atom stereocenters. The quantitative estimate of drug-likeness (QED) is 0.850. The average Bonchev–Trinajstić information content (AvgIpc) is 2.54. The fourth-order valence-electron chi connectivity index (χ4n) is 2.16. The summed E-state index contributed by atoms with van der Waals surface area (Å²) in [5, 5.41) is 5.61. The van der Waals surface area contributed by atoms with E-state index >= 15 is 0 Å². The molecular weight excluding hydrogens is 274 g/mol. The summed E-state index contributed by atoms with van der Waals surface area (Å²) in [6, 6.07) is 18.0. The Morgan fingerprint density at radius 1 is 1.05 bits per heavy atom. The van der Waals surface area contributed by atoms with Crippen LogP contribution in [0.2, 0.25) is 0 Å². The second-order valence-electron chi connectivity index (χ2n) is 5.27. The normalized spacial score (nSPS) is 10.1. The maximum Gasteiger partial charge on any atom is 0.319 e. The predicted molar refractivity (Wildman–Crippen MR) is 92.3 cm³/mol. The molecule has 2 amide bonds. The second-order valence-corrected chi connectivity index (χ2v) is 5.27. The van der Waals surface area contributed by atoms with Crippen molar-refractivity contribution in [1.82, 2.24) is 5.32 Å². The number of hydrogen-bond acceptors (Lipinski definition) is 2. The van der Waals surface area contributed by atoms with Crippen LogP contribution in [0.5, 0.6) is 0 Å². The maximum atomic E-state index is 11.6. The van der Waals surface area contributed by atoms with Gasteiger partial charge in [-0.1, -0.05) is 37.3 Å². The van der Waals surface area contributed by atoms with Crippen LogP contribution in [0.3, 0.4) is 0 Å².